The fourth-order valence-electron chi connectivity index (χ4n) is 3.09. The van der Waals surface area contributed by atoms with Gasteiger partial charge in [-0.25, -0.2) is 4.98 Å². The monoisotopic (exact) mass is 330 g/mol. The van der Waals surface area contributed by atoms with Crippen molar-refractivity contribution < 1.29 is 9.90 Å². The van der Waals surface area contributed by atoms with E-state index in [0.29, 0.717) is 23.7 Å². The number of aliphatic hydroxyl groups excluding tert-OH is 1. The lowest BCUT2D eigenvalue weighted by molar-refractivity contribution is 0.0666. The summed E-state index contributed by atoms with van der Waals surface area (Å²) in [7, 11) is 0. The molecule has 4 nitrogen and oxygen atoms in total. The Bertz CT molecular complexity index is 660. The van der Waals surface area contributed by atoms with Crippen LogP contribution in [-0.4, -0.2) is 33.5 Å². The number of aromatic nitrogens is 1. The van der Waals surface area contributed by atoms with E-state index >= 15 is 0 Å². The van der Waals surface area contributed by atoms with Crippen molar-refractivity contribution in [3.63, 3.8) is 0 Å². The summed E-state index contributed by atoms with van der Waals surface area (Å²) in [6, 6.07) is 12.9. The van der Waals surface area contributed by atoms with Gasteiger partial charge in [0.05, 0.1) is 11.7 Å². The second-order valence-corrected chi connectivity index (χ2v) is 6.21. The van der Waals surface area contributed by atoms with Gasteiger partial charge in [0.1, 0.15) is 5.15 Å². The largest absolute Gasteiger partial charge is 0.388 e. The molecule has 120 valence electrons. The molecule has 1 saturated heterocycles. The van der Waals surface area contributed by atoms with Gasteiger partial charge in [0.2, 0.25) is 0 Å². The maximum atomic E-state index is 12.6. The number of aliphatic hydroxyl groups is 1. The molecule has 0 aliphatic carbocycles. The number of pyridine rings is 1. The van der Waals surface area contributed by atoms with Crippen molar-refractivity contribution in [3.05, 3.63) is 64.9 Å². The number of hydrogen-bond acceptors (Lipinski definition) is 3. The highest BCUT2D eigenvalue weighted by atomic mass is 35.5. The normalized spacial score (nSPS) is 18.9. The number of amides is 1. The number of hydrogen-bond donors (Lipinski definition) is 1. The SMILES string of the molecule is O=C(c1ccc(Cl)nc1)N1CCCC1CC(O)c1ccccc1. The summed E-state index contributed by atoms with van der Waals surface area (Å²) in [5.74, 6) is -0.0445. The van der Waals surface area contributed by atoms with Gasteiger partial charge in [0, 0.05) is 18.8 Å². The van der Waals surface area contributed by atoms with E-state index < -0.39 is 6.10 Å². The Balaban J connectivity index is 1.70. The van der Waals surface area contributed by atoms with Crippen LogP contribution in [0.2, 0.25) is 5.15 Å². The van der Waals surface area contributed by atoms with Gasteiger partial charge in [-0.3, -0.25) is 4.79 Å². The van der Waals surface area contributed by atoms with Crippen LogP contribution in [-0.2, 0) is 0 Å². The first-order valence-electron chi connectivity index (χ1n) is 7.80. The van der Waals surface area contributed by atoms with E-state index in [9.17, 15) is 9.90 Å². The molecule has 1 N–H and O–H groups in total. The standard InChI is InChI=1S/C18H19ClN2O2/c19-17-9-8-14(12-20-17)18(23)21-10-4-7-15(21)11-16(22)13-5-2-1-3-6-13/h1-3,5-6,8-9,12,15-16,22H,4,7,10-11H2. The molecule has 2 heterocycles. The molecule has 0 bridgehead atoms. The molecule has 5 heteroatoms. The van der Waals surface area contributed by atoms with Crippen molar-refractivity contribution in [2.24, 2.45) is 0 Å². The lowest BCUT2D eigenvalue weighted by Crippen LogP contribution is -2.36. The van der Waals surface area contributed by atoms with Gasteiger partial charge in [-0.1, -0.05) is 41.9 Å². The van der Waals surface area contributed by atoms with Crippen molar-refractivity contribution in [1.29, 1.82) is 0 Å². The van der Waals surface area contributed by atoms with Gasteiger partial charge >= 0.3 is 0 Å². The fourth-order valence-corrected chi connectivity index (χ4v) is 3.20. The summed E-state index contributed by atoms with van der Waals surface area (Å²) in [6.07, 6.45) is 3.37. The molecular formula is C18H19ClN2O2. The molecule has 1 aromatic carbocycles. The van der Waals surface area contributed by atoms with Crippen LogP contribution in [0.25, 0.3) is 0 Å². The molecule has 1 fully saturated rings. The first kappa shape index (κ1) is 16.0. The predicted molar refractivity (Wildman–Crippen MR) is 89.3 cm³/mol. The van der Waals surface area contributed by atoms with Gasteiger partial charge in [-0.15, -0.1) is 0 Å². The summed E-state index contributed by atoms with van der Waals surface area (Å²) in [6.45, 7) is 0.716. The number of likely N-dealkylation sites (tertiary alicyclic amines) is 1. The van der Waals surface area contributed by atoms with Crippen molar-refractivity contribution in [2.75, 3.05) is 6.54 Å². The van der Waals surface area contributed by atoms with Crippen molar-refractivity contribution in [1.82, 2.24) is 9.88 Å². The molecule has 23 heavy (non-hydrogen) atoms. The second kappa shape index (κ2) is 7.11. The molecule has 1 aliphatic rings. The number of carbonyl (C=O) groups excluding carboxylic acids is 1. The van der Waals surface area contributed by atoms with Crippen LogP contribution in [0, 0.1) is 0 Å². The average molecular weight is 331 g/mol. The minimum Gasteiger partial charge on any atom is -0.388 e. The first-order valence-corrected chi connectivity index (χ1v) is 8.18. The van der Waals surface area contributed by atoms with Gasteiger partial charge < -0.3 is 10.0 Å². The lowest BCUT2D eigenvalue weighted by atomic mass is 10.0. The number of rotatable bonds is 4. The fraction of sp³-hybridized carbons (Fsp3) is 0.333. The van der Waals surface area contributed by atoms with Gasteiger partial charge in [0.15, 0.2) is 0 Å². The van der Waals surface area contributed by atoms with E-state index in [2.05, 4.69) is 4.98 Å². The minimum absolute atomic E-state index is 0.0445. The summed E-state index contributed by atoms with van der Waals surface area (Å²) in [5.41, 5.74) is 1.43. The van der Waals surface area contributed by atoms with Crippen molar-refractivity contribution in [3.8, 4) is 0 Å². The summed E-state index contributed by atoms with van der Waals surface area (Å²) in [5, 5.41) is 10.8. The van der Waals surface area contributed by atoms with Crippen LogP contribution in [0.4, 0.5) is 0 Å². The zero-order valence-corrected chi connectivity index (χ0v) is 13.5. The number of carbonyl (C=O) groups is 1. The minimum atomic E-state index is -0.557. The van der Waals surface area contributed by atoms with Crippen LogP contribution < -0.4 is 0 Å². The lowest BCUT2D eigenvalue weighted by Gasteiger charge is -2.26. The molecular weight excluding hydrogens is 312 g/mol. The second-order valence-electron chi connectivity index (χ2n) is 5.83. The first-order chi connectivity index (χ1) is 11.1. The highest BCUT2D eigenvalue weighted by Gasteiger charge is 2.31. The molecule has 1 amide bonds. The number of nitrogens with zero attached hydrogens (tertiary/aromatic N) is 2. The molecule has 0 spiro atoms. The van der Waals surface area contributed by atoms with E-state index in [4.69, 9.17) is 11.6 Å². The Morgan fingerprint density at radius 2 is 2.09 bits per heavy atom. The summed E-state index contributed by atoms with van der Waals surface area (Å²) >= 11 is 5.77. The third-order valence-electron chi connectivity index (χ3n) is 4.29. The number of benzene rings is 1. The number of halogens is 1. The quantitative estimate of drug-likeness (QED) is 0.873. The van der Waals surface area contributed by atoms with Gasteiger partial charge in [0.25, 0.3) is 5.91 Å². The van der Waals surface area contributed by atoms with E-state index in [1.807, 2.05) is 35.2 Å². The van der Waals surface area contributed by atoms with E-state index in [0.717, 1.165) is 18.4 Å². The predicted octanol–water partition coefficient (Wildman–Crippen LogP) is 3.46. The van der Waals surface area contributed by atoms with E-state index in [-0.39, 0.29) is 11.9 Å². The molecule has 3 rings (SSSR count). The Hall–Kier alpha value is -1.91. The Morgan fingerprint density at radius 3 is 2.78 bits per heavy atom. The van der Waals surface area contributed by atoms with Crippen LogP contribution in [0.3, 0.4) is 0 Å². The van der Waals surface area contributed by atoms with Gasteiger partial charge in [-0.2, -0.15) is 0 Å². The van der Waals surface area contributed by atoms with Crippen LogP contribution in [0.15, 0.2) is 48.7 Å². The zero-order chi connectivity index (χ0) is 16.2. The van der Waals surface area contributed by atoms with Crippen molar-refractivity contribution in [2.45, 2.75) is 31.4 Å². The molecule has 1 aliphatic heterocycles. The van der Waals surface area contributed by atoms with E-state index in [1.54, 1.807) is 12.1 Å². The van der Waals surface area contributed by atoms with Crippen LogP contribution in [0.5, 0.6) is 0 Å². The van der Waals surface area contributed by atoms with Crippen LogP contribution >= 0.6 is 11.6 Å². The molecule has 2 aromatic rings. The molecule has 2 atom stereocenters. The molecule has 2 unspecified atom stereocenters. The molecule has 1 aromatic heterocycles. The van der Waals surface area contributed by atoms with E-state index in [1.165, 1.54) is 6.20 Å². The topological polar surface area (TPSA) is 53.4 Å². The molecule has 0 saturated carbocycles. The van der Waals surface area contributed by atoms with Gasteiger partial charge in [-0.05, 0) is 37.0 Å². The highest BCUT2D eigenvalue weighted by molar-refractivity contribution is 6.29. The maximum absolute atomic E-state index is 12.6. The Kier molecular flexibility index (Phi) is 4.94. The Labute approximate surface area is 140 Å². The third kappa shape index (κ3) is 3.71. The summed E-state index contributed by atoms with van der Waals surface area (Å²) in [4.78, 5) is 18.5. The van der Waals surface area contributed by atoms with Crippen LogP contribution in [0.1, 0.15) is 41.3 Å². The third-order valence-corrected chi connectivity index (χ3v) is 4.52. The average Bonchev–Trinajstić information content (AvgIpc) is 3.04. The zero-order valence-electron chi connectivity index (χ0n) is 12.7. The smallest absolute Gasteiger partial charge is 0.255 e. The maximum Gasteiger partial charge on any atom is 0.255 e. The Morgan fingerprint density at radius 1 is 1.30 bits per heavy atom. The highest BCUT2D eigenvalue weighted by Crippen LogP contribution is 2.28. The van der Waals surface area contributed by atoms with Crippen molar-refractivity contribution >= 4 is 17.5 Å². The molecule has 0 radical (unpaired) electrons. The summed E-state index contributed by atoms with van der Waals surface area (Å²) < 4.78 is 0.